The minimum atomic E-state index is -0.0413. The molecule has 0 saturated carbocycles. The minimum absolute atomic E-state index is 0.0413. The van der Waals surface area contributed by atoms with Crippen molar-refractivity contribution >= 4 is 35.6 Å². The molecule has 0 aliphatic carbocycles. The number of rotatable bonds is 27. The van der Waals surface area contributed by atoms with E-state index < -0.39 is 0 Å². The van der Waals surface area contributed by atoms with Crippen LogP contribution < -0.4 is 0 Å². The van der Waals surface area contributed by atoms with Gasteiger partial charge in [-0.3, -0.25) is 0 Å². The van der Waals surface area contributed by atoms with E-state index in [-0.39, 0.29) is 26.3 Å². The molecule has 0 rings (SSSR count). The van der Waals surface area contributed by atoms with Crippen LogP contribution in [0.5, 0.6) is 0 Å². The zero-order chi connectivity index (χ0) is 23.5. The van der Waals surface area contributed by atoms with Crippen LogP contribution >= 0.6 is 0 Å². The number of carbonyl (C=O) groups is 2. The average Bonchev–Trinajstić information content (AvgIpc) is 2.79. The third-order valence-corrected chi connectivity index (χ3v) is 13.0. The molecular formula is C28H54O2Se2. The van der Waals surface area contributed by atoms with Crippen molar-refractivity contribution in [1.29, 1.82) is 0 Å². The molecule has 0 bridgehead atoms. The molecule has 0 aromatic carbocycles. The Kier molecular flexibility index (Phi) is 27.9. The van der Waals surface area contributed by atoms with Crippen LogP contribution in [-0.4, -0.2) is 35.6 Å². The van der Waals surface area contributed by atoms with Crippen LogP contribution in [0, 0.1) is 0 Å². The molecular weight excluding hydrogens is 526 g/mol. The summed E-state index contributed by atoms with van der Waals surface area (Å²) >= 11 is -0.0826. The van der Waals surface area contributed by atoms with Gasteiger partial charge in [0.05, 0.1) is 0 Å². The van der Waals surface area contributed by atoms with E-state index >= 15 is 0 Å². The van der Waals surface area contributed by atoms with Crippen LogP contribution in [0.1, 0.15) is 168 Å². The van der Waals surface area contributed by atoms with Gasteiger partial charge in [0.15, 0.2) is 0 Å². The van der Waals surface area contributed by atoms with Gasteiger partial charge < -0.3 is 0 Å². The Morgan fingerprint density at radius 2 is 0.594 bits per heavy atom. The summed E-state index contributed by atoms with van der Waals surface area (Å²) in [6.45, 7) is 4.54. The molecule has 0 aliphatic heterocycles. The van der Waals surface area contributed by atoms with Crippen LogP contribution in [0.4, 0.5) is 0 Å². The van der Waals surface area contributed by atoms with Crippen molar-refractivity contribution in [2.24, 2.45) is 0 Å². The van der Waals surface area contributed by atoms with Crippen LogP contribution in [0.3, 0.4) is 0 Å². The van der Waals surface area contributed by atoms with Crippen molar-refractivity contribution in [3.8, 4) is 0 Å². The first kappa shape index (κ1) is 32.4. The van der Waals surface area contributed by atoms with Crippen LogP contribution in [0.2, 0.25) is 0 Å². The molecule has 0 atom stereocenters. The van der Waals surface area contributed by atoms with Crippen LogP contribution in [0.15, 0.2) is 0 Å². The van der Waals surface area contributed by atoms with Gasteiger partial charge in [-0.25, -0.2) is 0 Å². The summed E-state index contributed by atoms with van der Waals surface area (Å²) in [5, 5.41) is 0. The third kappa shape index (κ3) is 26.6. The molecule has 0 unspecified atom stereocenters. The van der Waals surface area contributed by atoms with E-state index in [4.69, 9.17) is 0 Å². The molecule has 0 N–H and O–H groups in total. The fourth-order valence-electron chi connectivity index (χ4n) is 4.04. The van der Waals surface area contributed by atoms with Crippen molar-refractivity contribution in [3.05, 3.63) is 0 Å². The molecule has 0 heterocycles. The molecule has 190 valence electrons. The van der Waals surface area contributed by atoms with Crippen LogP contribution in [0.25, 0.3) is 0 Å². The molecule has 0 radical (unpaired) electrons. The van der Waals surface area contributed by atoms with Gasteiger partial charge in [-0.15, -0.1) is 0 Å². The second-order valence-corrected chi connectivity index (χ2v) is 15.7. The van der Waals surface area contributed by atoms with Crippen molar-refractivity contribution < 1.29 is 9.59 Å². The Labute approximate surface area is 212 Å². The van der Waals surface area contributed by atoms with E-state index in [1.807, 2.05) is 0 Å². The summed E-state index contributed by atoms with van der Waals surface area (Å²) in [5.74, 6) is 0. The first-order valence-electron chi connectivity index (χ1n) is 14.1. The van der Waals surface area contributed by atoms with Crippen molar-refractivity contribution in [2.45, 2.75) is 168 Å². The molecule has 0 amide bonds. The summed E-state index contributed by atoms with van der Waals surface area (Å²) in [5.41, 5.74) is 0. The first-order chi connectivity index (χ1) is 15.7. The monoisotopic (exact) mass is 582 g/mol. The third-order valence-electron chi connectivity index (χ3n) is 6.20. The second-order valence-electron chi connectivity index (χ2n) is 9.48. The second kappa shape index (κ2) is 27.6. The summed E-state index contributed by atoms with van der Waals surface area (Å²) in [4.78, 5) is 24.1. The molecule has 0 aromatic heterocycles. The van der Waals surface area contributed by atoms with Gasteiger partial charge in [0, 0.05) is 0 Å². The maximum atomic E-state index is 12.1. The Balaban J connectivity index is 3.30. The Bertz CT molecular complexity index is 374. The van der Waals surface area contributed by atoms with Gasteiger partial charge in [-0.1, -0.05) is 26.7 Å². The van der Waals surface area contributed by atoms with E-state index in [0.717, 1.165) is 25.7 Å². The summed E-state index contributed by atoms with van der Waals surface area (Å²) in [6.07, 6.45) is 30.5. The summed E-state index contributed by atoms with van der Waals surface area (Å²) in [7, 11) is 0. The Morgan fingerprint density at radius 3 is 0.844 bits per heavy atom. The molecule has 0 saturated heterocycles. The van der Waals surface area contributed by atoms with Gasteiger partial charge in [0.2, 0.25) is 0 Å². The van der Waals surface area contributed by atoms with Gasteiger partial charge in [0.25, 0.3) is 0 Å². The van der Waals surface area contributed by atoms with Crippen molar-refractivity contribution in [2.75, 3.05) is 0 Å². The van der Waals surface area contributed by atoms with Crippen LogP contribution in [-0.2, 0) is 9.59 Å². The van der Waals surface area contributed by atoms with Crippen molar-refractivity contribution in [1.82, 2.24) is 0 Å². The fourth-order valence-corrected chi connectivity index (χ4v) is 9.23. The van der Waals surface area contributed by atoms with E-state index in [1.165, 1.54) is 128 Å². The van der Waals surface area contributed by atoms with E-state index in [2.05, 4.69) is 13.8 Å². The molecule has 2 nitrogen and oxygen atoms in total. The first-order valence-corrected chi connectivity index (χ1v) is 20.2. The quantitative estimate of drug-likeness (QED) is 0.0719. The predicted molar refractivity (Wildman–Crippen MR) is 144 cm³/mol. The van der Waals surface area contributed by atoms with E-state index in [0.29, 0.717) is 9.36 Å². The standard InChI is InChI=1S/C28H54O2Se2/c1-3-5-7-9-11-13-15-17-19-21-23-25-27(29)31-32-28(30)26-24-22-20-18-16-14-12-10-8-6-4-2/h3-26H2,1-2H3. The topological polar surface area (TPSA) is 34.1 Å². The summed E-state index contributed by atoms with van der Waals surface area (Å²) < 4.78 is 0.779. The Hall–Kier alpha value is 0.379. The number of unbranched alkanes of at least 4 members (excludes halogenated alkanes) is 20. The van der Waals surface area contributed by atoms with E-state index in [9.17, 15) is 9.59 Å². The molecule has 0 fully saturated rings. The number of hydrogen-bond donors (Lipinski definition) is 0. The van der Waals surface area contributed by atoms with Gasteiger partial charge in [0.1, 0.15) is 0 Å². The molecule has 0 spiro atoms. The maximum absolute atomic E-state index is 12.1. The molecule has 32 heavy (non-hydrogen) atoms. The minimum Gasteiger partial charge on any atom is -0.0654 e. The fraction of sp³-hybridized carbons (Fsp3) is 0.929. The zero-order valence-electron chi connectivity index (χ0n) is 21.6. The Morgan fingerprint density at radius 1 is 0.375 bits per heavy atom. The van der Waals surface area contributed by atoms with Gasteiger partial charge in [-0.05, 0) is 0 Å². The number of hydrogen-bond acceptors (Lipinski definition) is 2. The van der Waals surface area contributed by atoms with Gasteiger partial charge in [-0.2, -0.15) is 0 Å². The molecule has 0 aliphatic rings. The average molecular weight is 581 g/mol. The molecule has 0 aromatic rings. The predicted octanol–water partition coefficient (Wildman–Crippen LogP) is 8.77. The summed E-state index contributed by atoms with van der Waals surface area (Å²) in [6, 6.07) is 0. The number of carbonyl (C=O) groups excluding carboxylic acids is 2. The molecule has 4 heteroatoms. The van der Waals surface area contributed by atoms with Gasteiger partial charge >= 0.3 is 186 Å². The smallest absolute Gasteiger partial charge is 0.0654 e. The SMILES string of the molecule is CCCCCCCCCCCCCC(=O)[Se][Se]C(=O)CCCCCCCCCCCCC. The van der Waals surface area contributed by atoms with E-state index in [1.54, 1.807) is 0 Å². The van der Waals surface area contributed by atoms with Crippen molar-refractivity contribution in [3.63, 3.8) is 0 Å². The zero-order valence-corrected chi connectivity index (χ0v) is 25.0. The normalized spacial score (nSPS) is 11.2.